The fourth-order valence-electron chi connectivity index (χ4n) is 3.15. The maximum atomic E-state index is 12.4. The first-order valence-electron chi connectivity index (χ1n) is 8.88. The highest BCUT2D eigenvalue weighted by Crippen LogP contribution is 2.38. The number of halogens is 2. The van der Waals surface area contributed by atoms with E-state index < -0.39 is 11.9 Å². The lowest BCUT2D eigenvalue weighted by Crippen LogP contribution is -2.31. The normalized spacial score (nSPS) is 13.3. The monoisotopic (exact) mass is 422 g/mol. The van der Waals surface area contributed by atoms with Crippen LogP contribution >= 0.6 is 23.2 Å². The maximum absolute atomic E-state index is 12.4. The van der Waals surface area contributed by atoms with Crippen molar-refractivity contribution in [2.45, 2.75) is 32.7 Å². The number of nitrogens with zero attached hydrogens (tertiary/aromatic N) is 1. The number of carbonyl (C=O) groups is 3. The van der Waals surface area contributed by atoms with Crippen LogP contribution in [0.1, 0.15) is 51.0 Å². The third-order valence-electron chi connectivity index (χ3n) is 4.63. The Balaban J connectivity index is 1.51. The molecule has 28 heavy (non-hydrogen) atoms. The largest absolute Gasteiger partial charge is 0.456 e. The second-order valence-corrected chi connectivity index (χ2v) is 7.62. The maximum Gasteiger partial charge on any atom is 0.325 e. The molecule has 1 saturated carbocycles. The fraction of sp³-hybridized carbons (Fsp3) is 0.350. The van der Waals surface area contributed by atoms with E-state index in [0.717, 1.165) is 24.2 Å². The average Bonchev–Trinajstić information content (AvgIpc) is 3.42. The molecule has 1 N–H and O–H groups in total. The summed E-state index contributed by atoms with van der Waals surface area (Å²) in [6.45, 7) is 3.12. The van der Waals surface area contributed by atoms with Gasteiger partial charge in [-0.2, -0.15) is 0 Å². The summed E-state index contributed by atoms with van der Waals surface area (Å²) in [6.07, 6.45) is 2.24. The van der Waals surface area contributed by atoms with Crippen LogP contribution in [0.5, 0.6) is 0 Å². The van der Waals surface area contributed by atoms with Crippen LogP contribution < -0.4 is 5.32 Å². The number of hydrogen-bond acceptors (Lipinski definition) is 4. The lowest BCUT2D eigenvalue weighted by molar-refractivity contribution is -0.141. The quantitative estimate of drug-likeness (QED) is 0.541. The molecule has 1 aromatic heterocycles. The fourth-order valence-corrected chi connectivity index (χ4v) is 3.64. The molecule has 1 fully saturated rings. The van der Waals surface area contributed by atoms with Gasteiger partial charge in [0.15, 0.2) is 6.61 Å². The summed E-state index contributed by atoms with van der Waals surface area (Å²) >= 11 is 11.7. The third kappa shape index (κ3) is 4.56. The number of ketones is 1. The topological polar surface area (TPSA) is 77.4 Å². The van der Waals surface area contributed by atoms with E-state index in [1.807, 2.05) is 19.9 Å². The Morgan fingerprint density at radius 1 is 1.14 bits per heavy atom. The molecule has 1 aliphatic carbocycles. The van der Waals surface area contributed by atoms with E-state index in [9.17, 15) is 14.4 Å². The molecule has 0 atom stereocenters. The van der Waals surface area contributed by atoms with Gasteiger partial charge in [0.25, 0.3) is 5.91 Å². The van der Waals surface area contributed by atoms with Gasteiger partial charge in [-0.05, 0) is 51.0 Å². The molecule has 2 aromatic rings. The summed E-state index contributed by atoms with van der Waals surface area (Å²) in [5.41, 5.74) is 2.69. The zero-order chi connectivity index (χ0) is 20.4. The molecule has 1 aliphatic rings. The molecular formula is C20H20Cl2N2O4. The zero-order valence-corrected chi connectivity index (χ0v) is 17.1. The number of hydrogen-bond donors (Lipinski definition) is 1. The van der Waals surface area contributed by atoms with Crippen molar-refractivity contribution < 1.29 is 19.1 Å². The number of esters is 1. The molecule has 0 radical (unpaired) electrons. The Morgan fingerprint density at radius 3 is 2.50 bits per heavy atom. The van der Waals surface area contributed by atoms with E-state index in [0.29, 0.717) is 16.6 Å². The summed E-state index contributed by atoms with van der Waals surface area (Å²) in [5.74, 6) is -1.50. The molecule has 0 unspecified atom stereocenters. The predicted molar refractivity (Wildman–Crippen MR) is 106 cm³/mol. The Morgan fingerprint density at radius 2 is 1.86 bits per heavy atom. The Hall–Kier alpha value is -2.31. The van der Waals surface area contributed by atoms with E-state index >= 15 is 0 Å². The highest BCUT2D eigenvalue weighted by Gasteiger charge is 2.28. The van der Waals surface area contributed by atoms with Crippen LogP contribution in [0.2, 0.25) is 10.0 Å². The number of benzene rings is 1. The van der Waals surface area contributed by atoms with Gasteiger partial charge in [0.1, 0.15) is 6.54 Å². The van der Waals surface area contributed by atoms with Crippen molar-refractivity contribution in [3.8, 4) is 0 Å². The Kier molecular flexibility index (Phi) is 6.10. The van der Waals surface area contributed by atoms with Crippen molar-refractivity contribution in [3.05, 3.63) is 56.8 Å². The molecule has 0 aliphatic heterocycles. The number of Topliss-reactive ketones (excluding diaryl/α,β-unsaturated/α-hetero) is 1. The second-order valence-electron chi connectivity index (χ2n) is 6.78. The first kappa shape index (κ1) is 20.4. The summed E-state index contributed by atoms with van der Waals surface area (Å²) in [7, 11) is 0. The smallest absolute Gasteiger partial charge is 0.325 e. The molecule has 0 saturated heterocycles. The van der Waals surface area contributed by atoms with Crippen LogP contribution in [0.25, 0.3) is 0 Å². The molecule has 0 bridgehead atoms. The molecule has 1 amide bonds. The van der Waals surface area contributed by atoms with Gasteiger partial charge in [0.2, 0.25) is 5.78 Å². The highest BCUT2D eigenvalue weighted by molar-refractivity contribution is 6.36. The molecule has 1 heterocycles. The van der Waals surface area contributed by atoms with E-state index in [1.54, 1.807) is 0 Å². The minimum atomic E-state index is -0.706. The number of nitrogens with one attached hydrogen (secondary N) is 1. The number of aryl methyl sites for hydroxylation is 1. The van der Waals surface area contributed by atoms with Crippen molar-refractivity contribution in [3.63, 3.8) is 0 Å². The number of amides is 1. The Labute approximate surface area is 172 Å². The van der Waals surface area contributed by atoms with Gasteiger partial charge in [-0.3, -0.25) is 14.4 Å². The molecule has 0 spiro atoms. The van der Waals surface area contributed by atoms with Crippen molar-refractivity contribution in [1.29, 1.82) is 0 Å². The van der Waals surface area contributed by atoms with Crippen LogP contribution in [0.15, 0.2) is 24.3 Å². The van der Waals surface area contributed by atoms with E-state index in [1.165, 1.54) is 18.2 Å². The van der Waals surface area contributed by atoms with Crippen LogP contribution in [0.4, 0.5) is 0 Å². The van der Waals surface area contributed by atoms with Gasteiger partial charge in [-0.1, -0.05) is 23.2 Å². The van der Waals surface area contributed by atoms with Gasteiger partial charge in [0.05, 0.1) is 10.6 Å². The summed E-state index contributed by atoms with van der Waals surface area (Å²) in [6, 6.07) is 6.72. The number of rotatable bonds is 7. The second kappa shape index (κ2) is 8.37. The van der Waals surface area contributed by atoms with Crippen molar-refractivity contribution in [2.75, 3.05) is 13.2 Å². The van der Waals surface area contributed by atoms with Crippen LogP contribution in [0.3, 0.4) is 0 Å². The minimum absolute atomic E-state index is 0.180. The lowest BCUT2D eigenvalue weighted by Gasteiger charge is -2.09. The summed E-state index contributed by atoms with van der Waals surface area (Å²) in [5, 5.41) is 3.00. The average molecular weight is 423 g/mol. The van der Waals surface area contributed by atoms with Gasteiger partial charge < -0.3 is 14.6 Å². The molecule has 3 rings (SSSR count). The first-order valence-corrected chi connectivity index (χ1v) is 9.64. The van der Waals surface area contributed by atoms with Crippen LogP contribution in [-0.4, -0.2) is 35.4 Å². The number of ether oxygens (including phenoxy) is 1. The summed E-state index contributed by atoms with van der Waals surface area (Å²) in [4.78, 5) is 36.4. The van der Waals surface area contributed by atoms with Crippen LogP contribution in [-0.2, 0) is 9.53 Å². The molecule has 148 valence electrons. The van der Waals surface area contributed by atoms with Crippen molar-refractivity contribution in [1.82, 2.24) is 9.88 Å². The molecule has 1 aromatic carbocycles. The van der Waals surface area contributed by atoms with Gasteiger partial charge in [-0.15, -0.1) is 0 Å². The predicted octanol–water partition coefficient (Wildman–Crippen LogP) is 3.90. The number of aromatic nitrogens is 1. The van der Waals surface area contributed by atoms with E-state index in [-0.39, 0.29) is 29.5 Å². The molecule has 6 nitrogen and oxygen atoms in total. The summed E-state index contributed by atoms with van der Waals surface area (Å²) < 4.78 is 7.17. The third-order valence-corrected chi connectivity index (χ3v) is 5.18. The van der Waals surface area contributed by atoms with E-state index in [2.05, 4.69) is 9.88 Å². The standard InChI is InChI=1S/C20H20Cl2N2O4/c1-11-7-16(12(2)24(11)14-4-5-14)18(25)10-28-19(26)9-23-20(27)15-6-3-13(21)8-17(15)22/h3,6-8,14H,4-5,9-10H2,1-2H3,(H,23,27). The Bertz CT molecular complexity index is 948. The SMILES string of the molecule is Cc1cc(C(=O)COC(=O)CNC(=O)c2ccc(Cl)cc2Cl)c(C)n1C1CC1. The minimum Gasteiger partial charge on any atom is -0.456 e. The van der Waals surface area contributed by atoms with Crippen LogP contribution in [0, 0.1) is 13.8 Å². The van der Waals surface area contributed by atoms with Gasteiger partial charge in [0, 0.05) is 28.0 Å². The zero-order valence-electron chi connectivity index (χ0n) is 15.6. The molecular weight excluding hydrogens is 403 g/mol. The lowest BCUT2D eigenvalue weighted by atomic mass is 10.1. The van der Waals surface area contributed by atoms with Crippen molar-refractivity contribution in [2.24, 2.45) is 0 Å². The van der Waals surface area contributed by atoms with Crippen molar-refractivity contribution >= 4 is 40.9 Å². The number of carbonyl (C=O) groups excluding carboxylic acids is 3. The van der Waals surface area contributed by atoms with Gasteiger partial charge >= 0.3 is 5.97 Å². The van der Waals surface area contributed by atoms with Gasteiger partial charge in [-0.25, -0.2) is 0 Å². The first-order chi connectivity index (χ1) is 13.3. The highest BCUT2D eigenvalue weighted by atomic mass is 35.5. The van der Waals surface area contributed by atoms with E-state index in [4.69, 9.17) is 27.9 Å². The molecule has 8 heteroatoms.